The lowest BCUT2D eigenvalue weighted by Gasteiger charge is -2.13. The fraction of sp³-hybridized carbons (Fsp3) is 0.158. The minimum atomic E-state index is -2.90. The molecule has 146 valence electrons. The van der Waals surface area contributed by atoms with E-state index < -0.39 is 24.0 Å². The number of anilines is 1. The number of carbonyl (C=O) groups is 1. The van der Waals surface area contributed by atoms with Crippen LogP contribution in [0.5, 0.6) is 5.75 Å². The number of halogens is 4. The van der Waals surface area contributed by atoms with Crippen LogP contribution in [0.1, 0.15) is 17.7 Å². The van der Waals surface area contributed by atoms with Crippen molar-refractivity contribution in [3.63, 3.8) is 0 Å². The van der Waals surface area contributed by atoms with Gasteiger partial charge in [0.25, 0.3) is 6.43 Å². The fourth-order valence-corrected chi connectivity index (χ4v) is 2.79. The van der Waals surface area contributed by atoms with Crippen molar-refractivity contribution >= 4 is 23.4 Å². The lowest BCUT2D eigenvalue weighted by atomic mass is 10.0. The Bertz CT molecular complexity index is 1040. The summed E-state index contributed by atoms with van der Waals surface area (Å²) in [7, 11) is 1.43. The second-order valence-electron chi connectivity index (χ2n) is 5.99. The number of benzene rings is 2. The van der Waals surface area contributed by atoms with E-state index in [1.165, 1.54) is 19.2 Å². The zero-order chi connectivity index (χ0) is 20.4. The summed E-state index contributed by atoms with van der Waals surface area (Å²) in [6.07, 6.45) is -2.74. The maximum atomic E-state index is 14.4. The molecule has 0 aliphatic heterocycles. The summed E-state index contributed by atoms with van der Waals surface area (Å²) >= 11 is 5.93. The van der Waals surface area contributed by atoms with Crippen LogP contribution in [0.3, 0.4) is 0 Å². The van der Waals surface area contributed by atoms with E-state index in [0.717, 1.165) is 10.9 Å². The summed E-state index contributed by atoms with van der Waals surface area (Å²) < 4.78 is 46.4. The fourth-order valence-electron chi connectivity index (χ4n) is 2.64. The Hall–Kier alpha value is -3.00. The van der Waals surface area contributed by atoms with Crippen molar-refractivity contribution in [3.05, 3.63) is 64.7 Å². The zero-order valence-corrected chi connectivity index (χ0v) is 15.6. The number of nitrogens with zero attached hydrogens (tertiary/aromatic N) is 2. The van der Waals surface area contributed by atoms with Crippen LogP contribution in [0.15, 0.2) is 42.6 Å². The third-order valence-electron chi connectivity index (χ3n) is 3.93. The molecule has 0 aliphatic carbocycles. The van der Waals surface area contributed by atoms with Crippen molar-refractivity contribution in [1.82, 2.24) is 9.78 Å². The van der Waals surface area contributed by atoms with Crippen LogP contribution in [0.4, 0.5) is 23.7 Å². The molecule has 0 spiro atoms. The lowest BCUT2D eigenvalue weighted by molar-refractivity contribution is 0.141. The predicted molar refractivity (Wildman–Crippen MR) is 99.4 cm³/mol. The first-order valence-electron chi connectivity index (χ1n) is 8.12. The van der Waals surface area contributed by atoms with Crippen LogP contribution in [0.2, 0.25) is 5.02 Å². The molecule has 0 radical (unpaired) electrons. The monoisotopic (exact) mass is 409 g/mol. The SMILES string of the molecule is Cc1cc(-c2ccccc2NC(=O)Oc2cn(C)nc2C(F)F)c(F)cc1Cl. The van der Waals surface area contributed by atoms with Gasteiger partial charge in [0.1, 0.15) is 5.82 Å². The quantitative estimate of drug-likeness (QED) is 0.598. The van der Waals surface area contributed by atoms with Gasteiger partial charge in [-0.2, -0.15) is 5.10 Å². The molecule has 1 heterocycles. The third-order valence-corrected chi connectivity index (χ3v) is 4.34. The number of amides is 1. The Morgan fingerprint density at radius 2 is 1.96 bits per heavy atom. The number of ether oxygens (including phenoxy) is 1. The molecule has 0 aliphatic rings. The Balaban J connectivity index is 1.88. The molecule has 1 amide bonds. The number of alkyl halides is 2. The second kappa shape index (κ2) is 7.93. The van der Waals surface area contributed by atoms with Gasteiger partial charge < -0.3 is 4.74 Å². The molecule has 3 aromatic rings. The lowest BCUT2D eigenvalue weighted by Crippen LogP contribution is -2.17. The van der Waals surface area contributed by atoms with Crippen molar-refractivity contribution < 1.29 is 22.7 Å². The number of aryl methyl sites for hydroxylation is 2. The number of hydrogen-bond acceptors (Lipinski definition) is 3. The number of carbonyl (C=O) groups excluding carboxylic acids is 1. The van der Waals surface area contributed by atoms with E-state index in [4.69, 9.17) is 16.3 Å². The molecule has 5 nitrogen and oxygen atoms in total. The van der Waals surface area contributed by atoms with E-state index in [-0.39, 0.29) is 22.0 Å². The van der Waals surface area contributed by atoms with Crippen LogP contribution in [-0.4, -0.2) is 15.9 Å². The molecule has 1 aromatic heterocycles. The van der Waals surface area contributed by atoms with Gasteiger partial charge in [-0.05, 0) is 30.7 Å². The molecule has 3 rings (SSSR count). The van der Waals surface area contributed by atoms with Gasteiger partial charge in [-0.15, -0.1) is 0 Å². The maximum absolute atomic E-state index is 14.4. The van der Waals surface area contributed by atoms with Crippen LogP contribution >= 0.6 is 11.6 Å². The smallest absolute Gasteiger partial charge is 0.406 e. The Morgan fingerprint density at radius 1 is 1.25 bits per heavy atom. The number of para-hydroxylation sites is 1. The summed E-state index contributed by atoms with van der Waals surface area (Å²) in [5.74, 6) is -0.925. The van der Waals surface area contributed by atoms with Gasteiger partial charge in [-0.25, -0.2) is 18.0 Å². The molecular formula is C19H15ClF3N3O2. The van der Waals surface area contributed by atoms with Crippen LogP contribution in [0.25, 0.3) is 11.1 Å². The first-order valence-corrected chi connectivity index (χ1v) is 8.49. The number of aromatic nitrogens is 2. The third kappa shape index (κ3) is 4.12. The van der Waals surface area contributed by atoms with E-state index in [1.807, 2.05) is 0 Å². The summed E-state index contributed by atoms with van der Waals surface area (Å²) in [4.78, 5) is 12.2. The molecule has 0 atom stereocenters. The predicted octanol–water partition coefficient (Wildman–Crippen LogP) is 5.74. The molecular weight excluding hydrogens is 395 g/mol. The van der Waals surface area contributed by atoms with Gasteiger partial charge in [-0.3, -0.25) is 10.00 Å². The van der Waals surface area contributed by atoms with Crippen LogP contribution in [0, 0.1) is 12.7 Å². The summed E-state index contributed by atoms with van der Waals surface area (Å²) in [5.41, 5.74) is 0.873. The highest BCUT2D eigenvalue weighted by Crippen LogP contribution is 2.33. The van der Waals surface area contributed by atoms with Gasteiger partial charge in [0, 0.05) is 23.2 Å². The maximum Gasteiger partial charge on any atom is 0.417 e. The van der Waals surface area contributed by atoms with Crippen LogP contribution < -0.4 is 10.1 Å². The molecule has 0 bridgehead atoms. The van der Waals surface area contributed by atoms with Crippen LogP contribution in [-0.2, 0) is 7.05 Å². The highest BCUT2D eigenvalue weighted by molar-refractivity contribution is 6.31. The van der Waals surface area contributed by atoms with Gasteiger partial charge in [-0.1, -0.05) is 29.8 Å². The van der Waals surface area contributed by atoms with Crippen molar-refractivity contribution in [2.75, 3.05) is 5.32 Å². The average Bonchev–Trinajstić information content (AvgIpc) is 2.99. The summed E-state index contributed by atoms with van der Waals surface area (Å²) in [6, 6.07) is 9.19. The first-order chi connectivity index (χ1) is 13.3. The van der Waals surface area contributed by atoms with Gasteiger partial charge in [0.15, 0.2) is 11.4 Å². The Labute approximate surface area is 163 Å². The van der Waals surface area contributed by atoms with E-state index in [1.54, 1.807) is 31.2 Å². The summed E-state index contributed by atoms with van der Waals surface area (Å²) in [5, 5.41) is 6.30. The number of nitrogens with one attached hydrogen (secondary N) is 1. The standard InChI is InChI=1S/C19H15ClF3N3O2/c1-10-7-12(14(21)8-13(10)20)11-5-3-4-6-15(11)24-19(27)28-16-9-26(2)25-17(16)18(22)23/h3-9,18H,1-2H3,(H,24,27). The van der Waals surface area contributed by atoms with E-state index >= 15 is 0 Å². The van der Waals surface area contributed by atoms with Gasteiger partial charge >= 0.3 is 6.09 Å². The van der Waals surface area contributed by atoms with E-state index in [0.29, 0.717) is 11.1 Å². The largest absolute Gasteiger partial charge is 0.417 e. The second-order valence-corrected chi connectivity index (χ2v) is 6.40. The molecule has 2 aromatic carbocycles. The minimum absolute atomic E-state index is 0.229. The molecule has 0 saturated heterocycles. The highest BCUT2D eigenvalue weighted by Gasteiger charge is 2.22. The van der Waals surface area contributed by atoms with Crippen molar-refractivity contribution in [1.29, 1.82) is 0 Å². The van der Waals surface area contributed by atoms with Gasteiger partial charge in [0.2, 0.25) is 0 Å². The molecule has 1 N–H and O–H groups in total. The van der Waals surface area contributed by atoms with Crippen molar-refractivity contribution in [3.8, 4) is 16.9 Å². The van der Waals surface area contributed by atoms with Gasteiger partial charge in [0.05, 0.1) is 11.9 Å². The summed E-state index contributed by atoms with van der Waals surface area (Å²) in [6.45, 7) is 1.73. The topological polar surface area (TPSA) is 56.1 Å². The molecule has 0 saturated carbocycles. The molecule has 0 unspecified atom stereocenters. The Morgan fingerprint density at radius 3 is 2.68 bits per heavy atom. The molecule has 0 fully saturated rings. The number of hydrogen-bond donors (Lipinski definition) is 1. The normalized spacial score (nSPS) is 11.0. The van der Waals surface area contributed by atoms with Crippen molar-refractivity contribution in [2.24, 2.45) is 7.05 Å². The minimum Gasteiger partial charge on any atom is -0.406 e. The van der Waals surface area contributed by atoms with E-state index in [2.05, 4.69) is 10.4 Å². The Kier molecular flexibility index (Phi) is 5.60. The van der Waals surface area contributed by atoms with Crippen molar-refractivity contribution in [2.45, 2.75) is 13.3 Å². The average molecular weight is 410 g/mol. The molecule has 9 heteroatoms. The first kappa shape index (κ1) is 19.8. The molecule has 28 heavy (non-hydrogen) atoms. The number of rotatable bonds is 4. The van der Waals surface area contributed by atoms with E-state index in [9.17, 15) is 18.0 Å². The zero-order valence-electron chi connectivity index (χ0n) is 14.8. The highest BCUT2D eigenvalue weighted by atomic mass is 35.5.